The average molecular weight is 608 g/mol. The molecule has 10 heteroatoms. The van der Waals surface area contributed by atoms with Crippen molar-refractivity contribution in [2.45, 2.75) is 64.3 Å². The maximum Gasteiger partial charge on any atom is 0.272 e. The van der Waals surface area contributed by atoms with E-state index in [0.29, 0.717) is 40.8 Å². The van der Waals surface area contributed by atoms with E-state index in [1.807, 2.05) is 46.5 Å². The monoisotopic (exact) mass is 607 g/mol. The summed E-state index contributed by atoms with van der Waals surface area (Å²) in [5.41, 5.74) is 4.33. The molecule has 2 aliphatic heterocycles. The molecule has 1 atom stereocenters. The second-order valence-electron chi connectivity index (χ2n) is 13.1. The Morgan fingerprint density at radius 1 is 1.02 bits per heavy atom. The van der Waals surface area contributed by atoms with E-state index in [1.54, 1.807) is 10.7 Å². The van der Waals surface area contributed by atoms with Crippen molar-refractivity contribution in [3.05, 3.63) is 73.7 Å². The maximum atomic E-state index is 13.7. The molecule has 0 bridgehead atoms. The first kappa shape index (κ1) is 28.9. The number of amides is 3. The molecule has 222 valence electrons. The van der Waals surface area contributed by atoms with E-state index in [1.165, 1.54) is 16.9 Å². The normalized spacial score (nSPS) is 19.8. The number of carbonyl (C=O) groups is 3. The van der Waals surface area contributed by atoms with Crippen LogP contribution >= 0.6 is 22.9 Å². The average Bonchev–Trinajstić information content (AvgIpc) is 3.75. The third-order valence-corrected chi connectivity index (χ3v) is 10.6. The van der Waals surface area contributed by atoms with E-state index in [9.17, 15) is 14.4 Å². The molecule has 3 amide bonds. The summed E-state index contributed by atoms with van der Waals surface area (Å²) in [7, 11) is 1.84. The van der Waals surface area contributed by atoms with Crippen molar-refractivity contribution >= 4 is 40.7 Å². The minimum atomic E-state index is -0.172. The lowest BCUT2D eigenvalue weighted by molar-refractivity contribution is 0.0556. The zero-order valence-corrected chi connectivity index (χ0v) is 26.3. The number of nitrogens with zero attached hydrogens (tertiary/aromatic N) is 4. The highest BCUT2D eigenvalue weighted by Gasteiger charge is 2.43. The highest BCUT2D eigenvalue weighted by atomic mass is 35.5. The van der Waals surface area contributed by atoms with E-state index < -0.39 is 0 Å². The molecule has 4 heterocycles. The fourth-order valence-corrected chi connectivity index (χ4v) is 7.69. The van der Waals surface area contributed by atoms with Crippen LogP contribution in [0.5, 0.6) is 0 Å². The number of rotatable bonds is 4. The van der Waals surface area contributed by atoms with Crippen molar-refractivity contribution in [1.29, 1.82) is 0 Å². The minimum Gasteiger partial charge on any atom is -0.344 e. The molecule has 2 aromatic heterocycles. The lowest BCUT2D eigenvalue weighted by atomic mass is 9.77. The molecule has 42 heavy (non-hydrogen) atoms. The van der Waals surface area contributed by atoms with Crippen molar-refractivity contribution in [3.8, 4) is 0 Å². The van der Waals surface area contributed by atoms with E-state index in [4.69, 9.17) is 11.6 Å². The zero-order valence-electron chi connectivity index (χ0n) is 24.7. The number of fused-ring (bicyclic) bond motifs is 1. The number of aromatic nitrogens is 2. The molecular formula is C32H38ClN5O3S. The number of hydrogen-bond acceptors (Lipinski definition) is 5. The van der Waals surface area contributed by atoms with Crippen LogP contribution in [0.4, 0.5) is 0 Å². The summed E-state index contributed by atoms with van der Waals surface area (Å²) in [4.78, 5) is 44.3. The van der Waals surface area contributed by atoms with E-state index in [2.05, 4.69) is 31.2 Å². The molecule has 2 fully saturated rings. The SMILES string of the molecule is Cn1nc(C(C)(C)C)cc1C(=O)N1CCC2(CCN(C(=O)c3ccc4c(c3)C(NC(=O)c3sccc3Cl)CC4)C2)CC1. The molecule has 1 unspecified atom stereocenters. The number of hydrogen-bond donors (Lipinski definition) is 1. The Morgan fingerprint density at radius 3 is 2.38 bits per heavy atom. The topological polar surface area (TPSA) is 87.5 Å². The van der Waals surface area contributed by atoms with E-state index >= 15 is 0 Å². The van der Waals surface area contributed by atoms with Crippen LogP contribution < -0.4 is 5.32 Å². The molecule has 3 aromatic rings. The van der Waals surface area contributed by atoms with Crippen molar-refractivity contribution in [2.24, 2.45) is 12.5 Å². The fraction of sp³-hybridized carbons (Fsp3) is 0.500. The summed E-state index contributed by atoms with van der Waals surface area (Å²) in [6.07, 6.45) is 4.39. The molecule has 0 radical (unpaired) electrons. The predicted molar refractivity (Wildman–Crippen MR) is 164 cm³/mol. The molecule has 3 aliphatic rings. The summed E-state index contributed by atoms with van der Waals surface area (Å²) in [5.74, 6) is -0.104. The van der Waals surface area contributed by atoms with Crippen molar-refractivity contribution in [3.63, 3.8) is 0 Å². The Labute approximate surface area is 256 Å². The highest BCUT2D eigenvalue weighted by molar-refractivity contribution is 7.12. The molecular weight excluding hydrogens is 570 g/mol. The van der Waals surface area contributed by atoms with Gasteiger partial charge >= 0.3 is 0 Å². The van der Waals surface area contributed by atoms with E-state index in [0.717, 1.165) is 49.9 Å². The summed E-state index contributed by atoms with van der Waals surface area (Å²) in [6, 6.07) is 9.45. The minimum absolute atomic E-state index is 0.0300. The molecule has 1 N–H and O–H groups in total. The quantitative estimate of drug-likeness (QED) is 0.417. The first-order chi connectivity index (χ1) is 19.9. The third-order valence-electron chi connectivity index (χ3n) is 9.30. The fourth-order valence-electron chi connectivity index (χ4n) is 6.64. The van der Waals surface area contributed by atoms with Crippen LogP contribution in [0.3, 0.4) is 0 Å². The largest absolute Gasteiger partial charge is 0.344 e. The first-order valence-corrected chi connectivity index (χ1v) is 16.0. The number of halogens is 1. The van der Waals surface area contributed by atoms with Crippen LogP contribution in [0.2, 0.25) is 5.02 Å². The summed E-state index contributed by atoms with van der Waals surface area (Å²) in [5, 5.41) is 9.98. The van der Waals surface area contributed by atoms with Gasteiger partial charge < -0.3 is 15.1 Å². The van der Waals surface area contributed by atoms with Crippen LogP contribution in [0.15, 0.2) is 35.7 Å². The third kappa shape index (κ3) is 5.37. The van der Waals surface area contributed by atoms with Gasteiger partial charge in [-0.05, 0) is 78.3 Å². The number of nitrogens with one attached hydrogen (secondary N) is 1. The molecule has 1 spiro atoms. The second kappa shape index (κ2) is 10.8. The number of thiophene rings is 1. The summed E-state index contributed by atoms with van der Waals surface area (Å²) in [6.45, 7) is 9.10. The van der Waals surface area contributed by atoms with Gasteiger partial charge in [-0.15, -0.1) is 11.3 Å². The predicted octanol–water partition coefficient (Wildman–Crippen LogP) is 5.62. The van der Waals surface area contributed by atoms with Gasteiger partial charge in [-0.3, -0.25) is 19.1 Å². The number of benzene rings is 1. The lowest BCUT2D eigenvalue weighted by Crippen LogP contribution is -2.45. The van der Waals surface area contributed by atoms with Gasteiger partial charge in [-0.1, -0.05) is 38.4 Å². The van der Waals surface area contributed by atoms with Crippen LogP contribution in [0.25, 0.3) is 0 Å². The van der Waals surface area contributed by atoms with Gasteiger partial charge in [0.25, 0.3) is 17.7 Å². The maximum absolute atomic E-state index is 13.7. The van der Waals surface area contributed by atoms with Gasteiger partial charge in [-0.25, -0.2) is 0 Å². The van der Waals surface area contributed by atoms with Gasteiger partial charge in [0, 0.05) is 44.2 Å². The van der Waals surface area contributed by atoms with Crippen molar-refractivity contribution in [2.75, 3.05) is 26.2 Å². The zero-order chi connectivity index (χ0) is 29.8. The van der Waals surface area contributed by atoms with Crippen LogP contribution in [-0.4, -0.2) is 63.5 Å². The van der Waals surface area contributed by atoms with Gasteiger partial charge in [0.1, 0.15) is 10.6 Å². The number of likely N-dealkylation sites (tertiary alicyclic amines) is 2. The van der Waals surface area contributed by atoms with Crippen LogP contribution in [-0.2, 0) is 18.9 Å². The van der Waals surface area contributed by atoms with Gasteiger partial charge in [0.15, 0.2) is 0 Å². The van der Waals surface area contributed by atoms with E-state index in [-0.39, 0.29) is 34.6 Å². The summed E-state index contributed by atoms with van der Waals surface area (Å²) < 4.78 is 1.70. The Bertz CT molecular complexity index is 1550. The van der Waals surface area contributed by atoms with Crippen LogP contribution in [0.1, 0.15) is 99.8 Å². The molecule has 0 saturated carbocycles. The molecule has 1 aliphatic carbocycles. The second-order valence-corrected chi connectivity index (χ2v) is 14.5. The Morgan fingerprint density at radius 2 is 1.74 bits per heavy atom. The van der Waals surface area contributed by atoms with Gasteiger partial charge in [0.2, 0.25) is 0 Å². The van der Waals surface area contributed by atoms with Crippen molar-refractivity contribution in [1.82, 2.24) is 24.9 Å². The number of carbonyl (C=O) groups excluding carboxylic acids is 3. The smallest absolute Gasteiger partial charge is 0.272 e. The number of aryl methyl sites for hydroxylation is 2. The van der Waals surface area contributed by atoms with Gasteiger partial charge in [0.05, 0.1) is 16.8 Å². The molecule has 1 aromatic carbocycles. The molecule has 6 rings (SSSR count). The summed E-state index contributed by atoms with van der Waals surface area (Å²) >= 11 is 7.50. The molecule has 8 nitrogen and oxygen atoms in total. The number of piperidine rings is 1. The Kier molecular flexibility index (Phi) is 7.46. The Balaban J connectivity index is 1.09. The van der Waals surface area contributed by atoms with Crippen molar-refractivity contribution < 1.29 is 14.4 Å². The standard InChI is InChI=1S/C32H38ClN5O3S/c1-31(2,3)26-18-25(36(4)35-26)30(41)37-13-10-32(11-14-37)12-15-38(19-32)29(40)21-6-5-20-7-8-24(22(20)17-21)34-28(39)27-23(33)9-16-42-27/h5-6,9,16-18,24H,7-8,10-15,19H2,1-4H3,(H,34,39). The van der Waals surface area contributed by atoms with Crippen LogP contribution in [0, 0.1) is 5.41 Å². The van der Waals surface area contributed by atoms with Gasteiger partial charge in [-0.2, -0.15) is 5.10 Å². The first-order valence-electron chi connectivity index (χ1n) is 14.7. The highest BCUT2D eigenvalue weighted by Crippen LogP contribution is 2.41. The Hall–Kier alpha value is -3.17. The molecule has 2 saturated heterocycles. The lowest BCUT2D eigenvalue weighted by Gasteiger charge is -2.39.